The summed E-state index contributed by atoms with van der Waals surface area (Å²) in [6.07, 6.45) is 1.71. The van der Waals surface area contributed by atoms with Gasteiger partial charge in [0.1, 0.15) is 4.99 Å². The van der Waals surface area contributed by atoms with Crippen molar-refractivity contribution in [1.29, 1.82) is 0 Å². The second-order valence-corrected chi connectivity index (χ2v) is 8.45. The Morgan fingerprint density at radius 1 is 1.08 bits per heavy atom. The molecule has 1 saturated heterocycles. The summed E-state index contributed by atoms with van der Waals surface area (Å²) in [4.78, 5) is 15.0. The first-order valence-electron chi connectivity index (χ1n) is 6.98. The maximum Gasteiger partial charge on any atom is 0.307 e. The molecule has 1 aliphatic heterocycles. The normalized spacial score (nSPS) is 16.7. The van der Waals surface area contributed by atoms with Crippen LogP contribution in [0.1, 0.15) is 5.56 Å². The zero-order valence-corrected chi connectivity index (χ0v) is 15.8. The summed E-state index contributed by atoms with van der Waals surface area (Å²) < 4.78 is 24.7. The number of hydrazine groups is 1. The summed E-state index contributed by atoms with van der Waals surface area (Å²) in [5.74, 6) is 0. The Morgan fingerprint density at radius 2 is 1.72 bits per heavy atom. The number of carbonyl (C=O) groups excluding carboxylic acids is 1. The molecule has 0 aromatic heterocycles. The van der Waals surface area contributed by atoms with Crippen LogP contribution in [0.4, 0.5) is 4.79 Å². The molecule has 2 aromatic rings. The van der Waals surface area contributed by atoms with E-state index in [0.29, 0.717) is 9.93 Å². The second kappa shape index (κ2) is 7.27. The van der Waals surface area contributed by atoms with Crippen molar-refractivity contribution in [2.24, 2.45) is 0 Å². The third-order valence-electron chi connectivity index (χ3n) is 3.23. The van der Waals surface area contributed by atoms with Crippen molar-refractivity contribution in [3.8, 4) is 0 Å². The molecule has 0 saturated carbocycles. The minimum Gasteiger partial charge on any atom is -0.259 e. The fraction of sp³-hybridized carbons (Fsp3) is 0. The number of halogens is 1. The van der Waals surface area contributed by atoms with E-state index in [1.165, 1.54) is 12.1 Å². The van der Waals surface area contributed by atoms with Crippen LogP contribution >= 0.6 is 35.6 Å². The molecule has 1 N–H and O–H groups in total. The molecule has 128 valence electrons. The largest absolute Gasteiger partial charge is 0.307 e. The highest BCUT2D eigenvalue weighted by molar-refractivity contribution is 8.19. The smallest absolute Gasteiger partial charge is 0.259 e. The van der Waals surface area contributed by atoms with E-state index in [2.05, 4.69) is 4.83 Å². The van der Waals surface area contributed by atoms with Crippen LogP contribution in [0.25, 0.3) is 6.08 Å². The van der Waals surface area contributed by atoms with Crippen LogP contribution in [0.15, 0.2) is 64.4 Å². The first-order chi connectivity index (χ1) is 11.9. The van der Waals surface area contributed by atoms with Gasteiger partial charge in [-0.1, -0.05) is 54.2 Å². The number of amides is 1. The van der Waals surface area contributed by atoms with Crippen molar-refractivity contribution in [3.63, 3.8) is 0 Å². The van der Waals surface area contributed by atoms with Crippen molar-refractivity contribution in [2.45, 2.75) is 4.90 Å². The fourth-order valence-corrected chi connectivity index (χ4v) is 4.47. The van der Waals surface area contributed by atoms with Crippen LogP contribution in [0.3, 0.4) is 0 Å². The van der Waals surface area contributed by atoms with Crippen molar-refractivity contribution >= 4 is 61.9 Å². The first kappa shape index (κ1) is 18.1. The Balaban J connectivity index is 1.83. The highest BCUT2D eigenvalue weighted by Crippen LogP contribution is 2.32. The predicted octanol–water partition coefficient (Wildman–Crippen LogP) is 4.07. The molecular weight excluding hydrogens is 400 g/mol. The molecule has 0 radical (unpaired) electrons. The summed E-state index contributed by atoms with van der Waals surface area (Å²) >= 11 is 12.0. The number of carbonyl (C=O) groups is 1. The van der Waals surface area contributed by atoms with Crippen molar-refractivity contribution in [2.75, 3.05) is 0 Å². The van der Waals surface area contributed by atoms with E-state index in [9.17, 15) is 13.2 Å². The van der Waals surface area contributed by atoms with E-state index in [1.807, 2.05) is 0 Å². The molecule has 5 nitrogen and oxygen atoms in total. The average molecular weight is 411 g/mol. The standard InChI is InChI=1S/C16H11ClN2O3S3/c17-12-8-6-11(7-9-12)10-14-15(23)19(16(20)24-14)18-25(21,22)13-4-2-1-3-5-13/h1-10,18H. The number of hydrogen-bond acceptors (Lipinski definition) is 5. The van der Waals surface area contributed by atoms with Crippen LogP contribution in [0, 0.1) is 0 Å². The molecule has 0 spiro atoms. The highest BCUT2D eigenvalue weighted by atomic mass is 35.5. The van der Waals surface area contributed by atoms with Crippen LogP contribution < -0.4 is 4.83 Å². The molecule has 0 unspecified atom stereocenters. The van der Waals surface area contributed by atoms with Gasteiger partial charge in [0, 0.05) is 5.02 Å². The van der Waals surface area contributed by atoms with Gasteiger partial charge in [-0.2, -0.15) is 0 Å². The lowest BCUT2D eigenvalue weighted by Gasteiger charge is -2.16. The number of thioether (sulfide) groups is 1. The van der Waals surface area contributed by atoms with Gasteiger partial charge in [0.05, 0.1) is 9.80 Å². The zero-order chi connectivity index (χ0) is 18.0. The van der Waals surface area contributed by atoms with E-state index >= 15 is 0 Å². The lowest BCUT2D eigenvalue weighted by atomic mass is 10.2. The maximum atomic E-state index is 12.4. The molecule has 1 heterocycles. The zero-order valence-electron chi connectivity index (χ0n) is 12.5. The van der Waals surface area contributed by atoms with Gasteiger partial charge in [-0.15, -0.1) is 4.83 Å². The topological polar surface area (TPSA) is 66.5 Å². The maximum absolute atomic E-state index is 12.4. The van der Waals surface area contributed by atoms with Crippen LogP contribution in [-0.2, 0) is 10.0 Å². The van der Waals surface area contributed by atoms with Crippen LogP contribution in [0.5, 0.6) is 0 Å². The quantitative estimate of drug-likeness (QED) is 0.607. The summed E-state index contributed by atoms with van der Waals surface area (Å²) in [6.45, 7) is 0. The monoisotopic (exact) mass is 410 g/mol. The summed E-state index contributed by atoms with van der Waals surface area (Å²) in [5.41, 5.74) is 0.801. The molecule has 2 aromatic carbocycles. The molecule has 0 aliphatic carbocycles. The van der Waals surface area contributed by atoms with E-state index in [1.54, 1.807) is 48.5 Å². The third kappa shape index (κ3) is 4.10. The summed E-state index contributed by atoms with van der Waals surface area (Å²) in [6, 6.07) is 14.8. The van der Waals surface area contributed by atoms with Crippen molar-refractivity contribution in [1.82, 2.24) is 9.84 Å². The van der Waals surface area contributed by atoms with Gasteiger partial charge in [-0.25, -0.2) is 13.4 Å². The summed E-state index contributed by atoms with van der Waals surface area (Å²) in [7, 11) is -3.90. The van der Waals surface area contributed by atoms with E-state index in [4.69, 9.17) is 23.8 Å². The Hall–Kier alpha value is -1.71. The number of sulfonamides is 1. The van der Waals surface area contributed by atoms with E-state index < -0.39 is 15.3 Å². The second-order valence-electron chi connectivity index (χ2n) is 4.98. The molecule has 3 rings (SSSR count). The van der Waals surface area contributed by atoms with Crippen LogP contribution in [0.2, 0.25) is 5.02 Å². The Bertz CT molecular complexity index is 958. The molecule has 9 heteroatoms. The van der Waals surface area contributed by atoms with Crippen molar-refractivity contribution < 1.29 is 13.2 Å². The van der Waals surface area contributed by atoms with Gasteiger partial charge >= 0.3 is 5.24 Å². The molecule has 1 amide bonds. The number of nitrogens with zero attached hydrogens (tertiary/aromatic N) is 1. The number of benzene rings is 2. The lowest BCUT2D eigenvalue weighted by Crippen LogP contribution is -2.44. The first-order valence-corrected chi connectivity index (χ1v) is 10.1. The number of hydrogen-bond donors (Lipinski definition) is 1. The van der Waals surface area contributed by atoms with Gasteiger partial charge < -0.3 is 0 Å². The Morgan fingerprint density at radius 3 is 2.36 bits per heavy atom. The number of rotatable bonds is 4. The summed E-state index contributed by atoms with van der Waals surface area (Å²) in [5, 5.41) is 0.950. The van der Waals surface area contributed by atoms with Gasteiger partial charge in [-0.3, -0.25) is 4.79 Å². The fourth-order valence-electron chi connectivity index (χ4n) is 2.03. The SMILES string of the molecule is O=C1SC(=Cc2ccc(Cl)cc2)C(=S)N1NS(=O)(=O)c1ccccc1. The molecule has 1 fully saturated rings. The minimum atomic E-state index is -3.90. The molecule has 0 atom stereocenters. The molecule has 25 heavy (non-hydrogen) atoms. The average Bonchev–Trinajstić information content (AvgIpc) is 2.85. The lowest BCUT2D eigenvalue weighted by molar-refractivity contribution is 0.241. The van der Waals surface area contributed by atoms with E-state index in [0.717, 1.165) is 22.3 Å². The molecule has 1 aliphatic rings. The van der Waals surface area contributed by atoms with Gasteiger partial charge in [0.2, 0.25) is 0 Å². The van der Waals surface area contributed by atoms with E-state index in [-0.39, 0.29) is 9.88 Å². The Kier molecular flexibility index (Phi) is 5.26. The van der Waals surface area contributed by atoms with Gasteiger partial charge in [-0.05, 0) is 47.7 Å². The van der Waals surface area contributed by atoms with Crippen molar-refractivity contribution in [3.05, 3.63) is 70.1 Å². The Labute approximate surface area is 159 Å². The highest BCUT2D eigenvalue weighted by Gasteiger charge is 2.35. The van der Waals surface area contributed by atoms with Gasteiger partial charge in [0.15, 0.2) is 0 Å². The number of thiocarbonyl (C=S) groups is 1. The number of nitrogens with one attached hydrogen (secondary N) is 1. The molecular formula is C16H11ClN2O3S3. The minimum absolute atomic E-state index is 0.0470. The predicted molar refractivity (Wildman–Crippen MR) is 104 cm³/mol. The molecule has 0 bridgehead atoms. The van der Waals surface area contributed by atoms with Crippen LogP contribution in [-0.4, -0.2) is 23.7 Å². The third-order valence-corrected chi connectivity index (χ3v) is 6.21. The van der Waals surface area contributed by atoms with Gasteiger partial charge in [0.25, 0.3) is 10.0 Å².